The van der Waals surface area contributed by atoms with E-state index in [0.29, 0.717) is 0 Å². The van der Waals surface area contributed by atoms with Crippen LogP contribution in [0.1, 0.15) is 25.3 Å². The Bertz CT molecular complexity index is 511. The third kappa shape index (κ3) is 4.07. The van der Waals surface area contributed by atoms with Gasteiger partial charge in [-0.3, -0.25) is 0 Å². The summed E-state index contributed by atoms with van der Waals surface area (Å²) >= 11 is 0. The third-order valence-electron chi connectivity index (χ3n) is 3.75. The fourth-order valence-corrected chi connectivity index (χ4v) is 2.70. The molecule has 19 heavy (non-hydrogen) atoms. The highest BCUT2D eigenvalue weighted by Crippen LogP contribution is 2.22. The minimum atomic E-state index is 0.755. The molecule has 0 N–H and O–H groups in total. The predicted octanol–water partition coefficient (Wildman–Crippen LogP) is 4.36. The predicted molar refractivity (Wildman–Crippen MR) is 84.6 cm³/mol. The van der Waals surface area contributed by atoms with Crippen molar-refractivity contribution >= 4 is 10.8 Å². The minimum Gasteiger partial charge on any atom is -0.309 e. The number of benzene rings is 2. The van der Waals surface area contributed by atoms with Crippen molar-refractivity contribution in [3.63, 3.8) is 0 Å². The van der Waals surface area contributed by atoms with Gasteiger partial charge < -0.3 is 4.90 Å². The zero-order valence-electron chi connectivity index (χ0n) is 12.4. The molecular formula is C18H25N. The van der Waals surface area contributed by atoms with Crippen LogP contribution in [-0.2, 0) is 6.42 Å². The van der Waals surface area contributed by atoms with Gasteiger partial charge in [-0.25, -0.2) is 0 Å². The Hall–Kier alpha value is -1.34. The molecule has 0 amide bonds. The molecule has 1 atom stereocenters. The first-order chi connectivity index (χ1) is 9.16. The van der Waals surface area contributed by atoms with E-state index in [0.717, 1.165) is 5.92 Å². The SMILES string of the molecule is CC(CCCN(C)C)Cc1cccc2ccccc12. The van der Waals surface area contributed by atoms with E-state index in [-0.39, 0.29) is 0 Å². The summed E-state index contributed by atoms with van der Waals surface area (Å²) in [4.78, 5) is 2.27. The van der Waals surface area contributed by atoms with Crippen LogP contribution in [-0.4, -0.2) is 25.5 Å². The van der Waals surface area contributed by atoms with Crippen molar-refractivity contribution in [2.75, 3.05) is 20.6 Å². The van der Waals surface area contributed by atoms with E-state index >= 15 is 0 Å². The molecule has 0 saturated heterocycles. The quantitative estimate of drug-likeness (QED) is 0.741. The molecule has 0 aliphatic carbocycles. The Morgan fingerprint density at radius 1 is 1.00 bits per heavy atom. The van der Waals surface area contributed by atoms with Crippen molar-refractivity contribution < 1.29 is 0 Å². The third-order valence-corrected chi connectivity index (χ3v) is 3.75. The molecule has 0 fully saturated rings. The lowest BCUT2D eigenvalue weighted by Gasteiger charge is -2.15. The van der Waals surface area contributed by atoms with E-state index in [9.17, 15) is 0 Å². The van der Waals surface area contributed by atoms with Gasteiger partial charge in [-0.05, 0) is 62.2 Å². The summed E-state index contributed by atoms with van der Waals surface area (Å²) in [5.41, 5.74) is 1.50. The van der Waals surface area contributed by atoms with E-state index in [4.69, 9.17) is 0 Å². The van der Waals surface area contributed by atoms with Crippen molar-refractivity contribution in [1.29, 1.82) is 0 Å². The maximum absolute atomic E-state index is 2.37. The molecular weight excluding hydrogens is 230 g/mol. The normalized spacial score (nSPS) is 13.1. The molecule has 0 heterocycles. The molecule has 2 aromatic carbocycles. The Balaban J connectivity index is 2.00. The molecule has 2 aromatic rings. The number of nitrogens with zero attached hydrogens (tertiary/aromatic N) is 1. The maximum atomic E-state index is 2.37. The first-order valence-electron chi connectivity index (χ1n) is 7.28. The number of hydrogen-bond acceptors (Lipinski definition) is 1. The van der Waals surface area contributed by atoms with Gasteiger partial charge in [0.25, 0.3) is 0 Å². The van der Waals surface area contributed by atoms with Gasteiger partial charge in [-0.2, -0.15) is 0 Å². The average molecular weight is 255 g/mol. The van der Waals surface area contributed by atoms with Crippen LogP contribution in [0.25, 0.3) is 10.8 Å². The number of hydrogen-bond donors (Lipinski definition) is 0. The molecule has 1 unspecified atom stereocenters. The lowest BCUT2D eigenvalue weighted by molar-refractivity contribution is 0.372. The molecule has 0 aliphatic heterocycles. The fraction of sp³-hybridized carbons (Fsp3) is 0.444. The topological polar surface area (TPSA) is 3.24 Å². The molecule has 0 saturated carbocycles. The number of fused-ring (bicyclic) bond motifs is 1. The van der Waals surface area contributed by atoms with Crippen LogP contribution in [0.2, 0.25) is 0 Å². The van der Waals surface area contributed by atoms with Gasteiger partial charge in [0, 0.05) is 0 Å². The second kappa shape index (κ2) is 6.72. The van der Waals surface area contributed by atoms with Crippen LogP contribution >= 0.6 is 0 Å². The highest BCUT2D eigenvalue weighted by molar-refractivity contribution is 5.85. The van der Waals surface area contributed by atoms with Gasteiger partial charge in [0.2, 0.25) is 0 Å². The molecule has 2 rings (SSSR count). The van der Waals surface area contributed by atoms with Crippen molar-refractivity contribution in [3.05, 3.63) is 48.0 Å². The maximum Gasteiger partial charge on any atom is -0.00247 e. The summed E-state index contributed by atoms with van der Waals surface area (Å²) in [6.07, 6.45) is 3.79. The Morgan fingerprint density at radius 3 is 2.53 bits per heavy atom. The summed E-state index contributed by atoms with van der Waals surface area (Å²) in [6, 6.07) is 15.4. The molecule has 1 heteroatoms. The Kier molecular flexibility index (Phi) is 4.98. The van der Waals surface area contributed by atoms with Crippen LogP contribution in [0, 0.1) is 5.92 Å². The van der Waals surface area contributed by atoms with Crippen LogP contribution in [0.5, 0.6) is 0 Å². The van der Waals surface area contributed by atoms with Crippen LogP contribution in [0.4, 0.5) is 0 Å². The smallest absolute Gasteiger partial charge is 0.00247 e. The zero-order valence-corrected chi connectivity index (χ0v) is 12.4. The first-order valence-corrected chi connectivity index (χ1v) is 7.28. The van der Waals surface area contributed by atoms with Crippen molar-refractivity contribution in [3.8, 4) is 0 Å². The van der Waals surface area contributed by atoms with Crippen LogP contribution in [0.15, 0.2) is 42.5 Å². The molecule has 0 aromatic heterocycles. The summed E-state index contributed by atoms with van der Waals surface area (Å²) < 4.78 is 0. The molecule has 0 radical (unpaired) electrons. The summed E-state index contributed by atoms with van der Waals surface area (Å²) in [5, 5.41) is 2.78. The van der Waals surface area contributed by atoms with E-state index in [1.54, 1.807) is 0 Å². The van der Waals surface area contributed by atoms with Crippen LogP contribution < -0.4 is 0 Å². The Morgan fingerprint density at radius 2 is 1.74 bits per heavy atom. The monoisotopic (exact) mass is 255 g/mol. The first kappa shape index (κ1) is 14.1. The van der Waals surface area contributed by atoms with Gasteiger partial charge >= 0.3 is 0 Å². The minimum absolute atomic E-state index is 0.755. The highest BCUT2D eigenvalue weighted by atomic mass is 15.0. The fourth-order valence-electron chi connectivity index (χ4n) is 2.70. The van der Waals surface area contributed by atoms with E-state index < -0.39 is 0 Å². The summed E-state index contributed by atoms with van der Waals surface area (Å²) in [6.45, 7) is 3.57. The summed E-state index contributed by atoms with van der Waals surface area (Å²) in [5.74, 6) is 0.755. The highest BCUT2D eigenvalue weighted by Gasteiger charge is 2.06. The molecule has 1 nitrogen and oxygen atoms in total. The second-order valence-electron chi connectivity index (χ2n) is 5.89. The van der Waals surface area contributed by atoms with Crippen molar-refractivity contribution in [2.45, 2.75) is 26.2 Å². The van der Waals surface area contributed by atoms with Crippen molar-refractivity contribution in [1.82, 2.24) is 4.90 Å². The average Bonchev–Trinajstić information content (AvgIpc) is 2.39. The second-order valence-corrected chi connectivity index (χ2v) is 5.89. The molecule has 0 aliphatic rings. The van der Waals surface area contributed by atoms with Gasteiger partial charge in [0.05, 0.1) is 0 Å². The van der Waals surface area contributed by atoms with E-state index in [1.165, 1.54) is 42.1 Å². The Labute approximate surface area is 117 Å². The zero-order chi connectivity index (χ0) is 13.7. The van der Waals surface area contributed by atoms with Gasteiger partial charge in [0.1, 0.15) is 0 Å². The van der Waals surface area contributed by atoms with Gasteiger partial charge in [-0.1, -0.05) is 49.4 Å². The summed E-state index contributed by atoms with van der Waals surface area (Å²) in [7, 11) is 4.30. The lowest BCUT2D eigenvalue weighted by atomic mass is 9.93. The lowest BCUT2D eigenvalue weighted by Crippen LogP contribution is -2.14. The molecule has 0 spiro atoms. The standard InChI is InChI=1S/C18H25N/c1-15(8-7-13-19(2)3)14-17-11-6-10-16-9-4-5-12-18(16)17/h4-6,9-12,15H,7-8,13-14H2,1-3H3. The van der Waals surface area contributed by atoms with E-state index in [1.807, 2.05) is 0 Å². The molecule has 102 valence electrons. The van der Waals surface area contributed by atoms with E-state index in [2.05, 4.69) is 68.4 Å². The van der Waals surface area contributed by atoms with Crippen LogP contribution in [0.3, 0.4) is 0 Å². The number of rotatable bonds is 6. The van der Waals surface area contributed by atoms with Gasteiger partial charge in [-0.15, -0.1) is 0 Å². The molecule has 0 bridgehead atoms. The van der Waals surface area contributed by atoms with Gasteiger partial charge in [0.15, 0.2) is 0 Å². The largest absolute Gasteiger partial charge is 0.309 e. The van der Waals surface area contributed by atoms with Crippen molar-refractivity contribution in [2.24, 2.45) is 5.92 Å².